The quantitative estimate of drug-likeness (QED) is 0.374. The molecule has 0 saturated heterocycles. The number of aliphatic carboxylic acids is 1. The highest BCUT2D eigenvalue weighted by Gasteiger charge is 1.95. The summed E-state index contributed by atoms with van der Waals surface area (Å²) in [5.74, 6) is -1.14. The zero-order chi connectivity index (χ0) is 6.57. The van der Waals surface area contributed by atoms with Crippen LogP contribution < -0.4 is 5.73 Å². The summed E-state index contributed by atoms with van der Waals surface area (Å²) in [6.45, 7) is 1.65. The standard InChI is InChI=1S/C5H7NO2/c1-2-3-4(6)5(7)8/h2H,6H2,1H3,(H,7,8). The summed E-state index contributed by atoms with van der Waals surface area (Å²) >= 11 is 0. The summed E-state index contributed by atoms with van der Waals surface area (Å²) in [7, 11) is 0. The number of carboxylic acid groups (broad SMARTS) is 1. The second kappa shape index (κ2) is 2.88. The molecular weight excluding hydrogens is 106 g/mol. The molecule has 0 unspecified atom stereocenters. The van der Waals surface area contributed by atoms with Crippen molar-refractivity contribution in [2.75, 3.05) is 0 Å². The van der Waals surface area contributed by atoms with Crippen molar-refractivity contribution in [3.8, 4) is 0 Å². The van der Waals surface area contributed by atoms with Crippen LogP contribution in [0.25, 0.3) is 0 Å². The molecule has 3 N–H and O–H groups in total. The molecule has 3 nitrogen and oxygen atoms in total. The SMILES string of the molecule is CC=C=C(N)C(=O)O. The molecule has 0 amide bonds. The van der Waals surface area contributed by atoms with Crippen LogP contribution in [0.1, 0.15) is 6.92 Å². The van der Waals surface area contributed by atoms with Crippen LogP contribution in [0, 0.1) is 0 Å². The topological polar surface area (TPSA) is 63.3 Å². The molecule has 0 saturated carbocycles. The molecular formula is C5H7NO2. The van der Waals surface area contributed by atoms with Crippen LogP contribution in [0.2, 0.25) is 0 Å². The van der Waals surface area contributed by atoms with E-state index in [1.807, 2.05) is 0 Å². The van der Waals surface area contributed by atoms with Gasteiger partial charge in [-0.1, -0.05) is 5.73 Å². The fraction of sp³-hybridized carbons (Fsp3) is 0.200. The van der Waals surface area contributed by atoms with Gasteiger partial charge in [-0.15, -0.1) is 0 Å². The number of hydrogen-bond donors (Lipinski definition) is 2. The zero-order valence-electron chi connectivity index (χ0n) is 4.51. The summed E-state index contributed by atoms with van der Waals surface area (Å²) < 4.78 is 0. The van der Waals surface area contributed by atoms with Gasteiger partial charge in [-0.2, -0.15) is 0 Å². The Morgan fingerprint density at radius 1 is 1.88 bits per heavy atom. The zero-order valence-corrected chi connectivity index (χ0v) is 4.51. The predicted octanol–water partition coefficient (Wildman–Crippen LogP) is 0.0886. The van der Waals surface area contributed by atoms with Crippen molar-refractivity contribution >= 4 is 5.97 Å². The molecule has 0 aliphatic carbocycles. The van der Waals surface area contributed by atoms with Gasteiger partial charge in [0.25, 0.3) is 0 Å². The van der Waals surface area contributed by atoms with E-state index in [2.05, 4.69) is 5.73 Å². The average Bonchev–Trinajstić information content (AvgIpc) is 1.67. The van der Waals surface area contributed by atoms with Gasteiger partial charge in [0, 0.05) is 0 Å². The Labute approximate surface area is 47.1 Å². The van der Waals surface area contributed by atoms with E-state index in [4.69, 9.17) is 10.8 Å². The van der Waals surface area contributed by atoms with Gasteiger partial charge in [0.05, 0.1) is 0 Å². The first-order valence-electron chi connectivity index (χ1n) is 2.08. The van der Waals surface area contributed by atoms with Crippen LogP contribution in [-0.2, 0) is 4.79 Å². The molecule has 0 aromatic carbocycles. The highest BCUT2D eigenvalue weighted by Crippen LogP contribution is 1.76. The second-order valence-corrected chi connectivity index (χ2v) is 1.15. The number of hydrogen-bond acceptors (Lipinski definition) is 2. The fourth-order valence-electron chi connectivity index (χ4n) is 0.217. The molecule has 0 rings (SSSR count). The van der Waals surface area contributed by atoms with Gasteiger partial charge in [0.1, 0.15) is 0 Å². The number of nitrogens with two attached hydrogens (primary N) is 1. The van der Waals surface area contributed by atoms with Crippen molar-refractivity contribution < 1.29 is 9.90 Å². The lowest BCUT2D eigenvalue weighted by molar-refractivity contribution is -0.132. The lowest BCUT2D eigenvalue weighted by Crippen LogP contribution is -2.07. The van der Waals surface area contributed by atoms with Crippen LogP contribution in [0.4, 0.5) is 0 Å². The van der Waals surface area contributed by atoms with Crippen molar-refractivity contribution in [2.24, 2.45) is 5.73 Å². The van der Waals surface area contributed by atoms with Gasteiger partial charge in [-0.3, -0.25) is 0 Å². The summed E-state index contributed by atoms with van der Waals surface area (Å²) in [6.07, 6.45) is 1.45. The van der Waals surface area contributed by atoms with Gasteiger partial charge >= 0.3 is 5.97 Å². The molecule has 0 fully saturated rings. The Hall–Kier alpha value is -1.21. The maximum absolute atomic E-state index is 9.84. The van der Waals surface area contributed by atoms with Gasteiger partial charge in [0.15, 0.2) is 5.70 Å². The molecule has 0 aromatic rings. The highest BCUT2D eigenvalue weighted by molar-refractivity contribution is 5.84. The van der Waals surface area contributed by atoms with Crippen LogP contribution in [0.15, 0.2) is 17.5 Å². The van der Waals surface area contributed by atoms with E-state index in [1.54, 1.807) is 6.92 Å². The summed E-state index contributed by atoms with van der Waals surface area (Å²) in [6, 6.07) is 0. The molecule has 44 valence electrons. The van der Waals surface area contributed by atoms with Crippen molar-refractivity contribution in [2.45, 2.75) is 6.92 Å². The maximum Gasteiger partial charge on any atom is 0.359 e. The maximum atomic E-state index is 9.84. The van der Waals surface area contributed by atoms with Gasteiger partial charge in [-0.05, 0) is 13.0 Å². The molecule has 0 aromatic heterocycles. The highest BCUT2D eigenvalue weighted by atomic mass is 16.4. The molecule has 8 heavy (non-hydrogen) atoms. The molecule has 0 heterocycles. The minimum atomic E-state index is -1.14. The summed E-state index contributed by atoms with van der Waals surface area (Å²) in [5.41, 5.74) is 6.96. The number of carboxylic acids is 1. The monoisotopic (exact) mass is 113 g/mol. The molecule has 0 radical (unpaired) electrons. The van der Waals surface area contributed by atoms with Gasteiger partial charge in [0.2, 0.25) is 0 Å². The predicted molar refractivity (Wildman–Crippen MR) is 29.1 cm³/mol. The summed E-state index contributed by atoms with van der Waals surface area (Å²) in [5, 5.41) is 8.07. The number of rotatable bonds is 1. The molecule has 3 heteroatoms. The third-order valence-electron chi connectivity index (χ3n) is 0.530. The van der Waals surface area contributed by atoms with E-state index in [1.165, 1.54) is 6.08 Å². The van der Waals surface area contributed by atoms with E-state index in [-0.39, 0.29) is 5.70 Å². The summed E-state index contributed by atoms with van der Waals surface area (Å²) in [4.78, 5) is 9.84. The minimum absolute atomic E-state index is 0.257. The Kier molecular flexibility index (Phi) is 2.45. The lowest BCUT2D eigenvalue weighted by atomic mass is 10.5. The van der Waals surface area contributed by atoms with E-state index >= 15 is 0 Å². The largest absolute Gasteiger partial charge is 0.476 e. The van der Waals surface area contributed by atoms with Crippen LogP contribution in [0.3, 0.4) is 0 Å². The van der Waals surface area contributed by atoms with E-state index in [0.29, 0.717) is 0 Å². The third-order valence-corrected chi connectivity index (χ3v) is 0.530. The molecule has 0 spiro atoms. The van der Waals surface area contributed by atoms with Crippen molar-refractivity contribution in [3.05, 3.63) is 17.5 Å². The molecule has 0 bridgehead atoms. The average molecular weight is 113 g/mol. The van der Waals surface area contributed by atoms with Crippen LogP contribution >= 0.6 is 0 Å². The van der Waals surface area contributed by atoms with Crippen LogP contribution in [-0.4, -0.2) is 11.1 Å². The van der Waals surface area contributed by atoms with Crippen molar-refractivity contribution in [1.82, 2.24) is 0 Å². The molecule has 0 aliphatic rings. The first-order valence-corrected chi connectivity index (χ1v) is 2.08. The lowest BCUT2D eigenvalue weighted by Gasteiger charge is -1.82. The Morgan fingerprint density at radius 2 is 2.38 bits per heavy atom. The third kappa shape index (κ3) is 2.05. The van der Waals surface area contributed by atoms with Crippen molar-refractivity contribution in [1.29, 1.82) is 0 Å². The fourth-order valence-corrected chi connectivity index (χ4v) is 0.217. The first-order chi connectivity index (χ1) is 3.68. The van der Waals surface area contributed by atoms with E-state index in [9.17, 15) is 4.79 Å². The van der Waals surface area contributed by atoms with Gasteiger partial charge in [-0.25, -0.2) is 4.79 Å². The Balaban J connectivity index is 4.24. The molecule has 0 atom stereocenters. The number of carbonyl (C=O) groups is 1. The smallest absolute Gasteiger partial charge is 0.359 e. The normalized spacial score (nSPS) is 7.12. The van der Waals surface area contributed by atoms with Gasteiger partial charge < -0.3 is 10.8 Å². The van der Waals surface area contributed by atoms with Crippen molar-refractivity contribution in [3.63, 3.8) is 0 Å². The second-order valence-electron chi connectivity index (χ2n) is 1.15. The van der Waals surface area contributed by atoms with E-state index in [0.717, 1.165) is 0 Å². The molecule has 0 aliphatic heterocycles. The first kappa shape index (κ1) is 6.79. The Morgan fingerprint density at radius 3 is 2.50 bits per heavy atom. The minimum Gasteiger partial charge on any atom is -0.476 e. The van der Waals surface area contributed by atoms with Crippen LogP contribution in [0.5, 0.6) is 0 Å². The van der Waals surface area contributed by atoms with E-state index < -0.39 is 5.97 Å². The Bertz CT molecular complexity index is 154.